The number of likely N-dealkylation sites (N-methyl/N-ethyl adjacent to an activating group) is 1. The fourth-order valence-corrected chi connectivity index (χ4v) is 2.05. The average molecular weight is 337 g/mol. The number of ether oxygens (including phenoxy) is 2. The molecule has 116 valence electrons. The van der Waals surface area contributed by atoms with Crippen molar-refractivity contribution in [1.82, 2.24) is 5.32 Å². The monoisotopic (exact) mass is 336 g/mol. The minimum Gasteiger partial charge on any atom is -0.488 e. The van der Waals surface area contributed by atoms with E-state index in [9.17, 15) is 14.9 Å². The third kappa shape index (κ3) is 4.73. The molecule has 9 heteroatoms. The van der Waals surface area contributed by atoms with Crippen molar-refractivity contribution in [3.05, 3.63) is 32.3 Å². The summed E-state index contributed by atoms with van der Waals surface area (Å²) in [6, 6.07) is 1.55. The smallest absolute Gasteiger partial charge is 0.326 e. The highest BCUT2D eigenvalue weighted by Gasteiger charge is 2.21. The van der Waals surface area contributed by atoms with Gasteiger partial charge in [-0.05, 0) is 14.0 Å². The minimum absolute atomic E-state index is 0.00656. The fourth-order valence-electron chi connectivity index (χ4n) is 1.47. The molecule has 1 atom stereocenters. The zero-order chi connectivity index (χ0) is 16.0. The lowest BCUT2D eigenvalue weighted by Gasteiger charge is -2.16. The Balaban J connectivity index is 2.83. The van der Waals surface area contributed by atoms with Crippen molar-refractivity contribution in [1.29, 1.82) is 0 Å². The second-order valence-corrected chi connectivity index (χ2v) is 4.71. The molecule has 1 unspecified atom stereocenters. The maximum absolute atomic E-state index is 11.6. The highest BCUT2D eigenvalue weighted by molar-refractivity contribution is 6.37. The summed E-state index contributed by atoms with van der Waals surface area (Å²) in [5.41, 5.74) is -0.243. The maximum Gasteiger partial charge on any atom is 0.326 e. The number of nitrogens with one attached hydrogen (secondary N) is 1. The van der Waals surface area contributed by atoms with Crippen molar-refractivity contribution >= 4 is 34.9 Å². The number of nitro benzene ring substituents is 1. The van der Waals surface area contributed by atoms with Crippen LogP contribution in [0.1, 0.15) is 6.92 Å². The lowest BCUT2D eigenvalue weighted by molar-refractivity contribution is -0.384. The maximum atomic E-state index is 11.6. The van der Waals surface area contributed by atoms with Gasteiger partial charge in [-0.2, -0.15) is 0 Å². The number of nitro groups is 1. The molecule has 0 bridgehead atoms. The van der Waals surface area contributed by atoms with E-state index in [0.29, 0.717) is 0 Å². The number of nitrogens with zero attached hydrogens (tertiary/aromatic N) is 1. The van der Waals surface area contributed by atoms with E-state index in [2.05, 4.69) is 5.32 Å². The van der Waals surface area contributed by atoms with Crippen LogP contribution >= 0.6 is 23.2 Å². The number of halogens is 2. The van der Waals surface area contributed by atoms with Crippen molar-refractivity contribution in [2.75, 3.05) is 20.3 Å². The molecule has 0 aromatic heterocycles. The molecule has 0 spiro atoms. The second-order valence-electron chi connectivity index (χ2n) is 3.90. The molecule has 0 saturated heterocycles. The van der Waals surface area contributed by atoms with E-state index in [1.165, 1.54) is 0 Å². The molecule has 1 aromatic rings. The number of hydrogen-bond acceptors (Lipinski definition) is 6. The summed E-state index contributed by atoms with van der Waals surface area (Å²) in [5.74, 6) is -0.400. The molecule has 1 aromatic carbocycles. The molecule has 1 N–H and O–H groups in total. The van der Waals surface area contributed by atoms with Crippen molar-refractivity contribution in [2.45, 2.75) is 13.0 Å². The van der Waals surface area contributed by atoms with Crippen LogP contribution in [0.5, 0.6) is 5.75 Å². The second kappa shape index (κ2) is 8.02. The zero-order valence-corrected chi connectivity index (χ0v) is 12.9. The summed E-state index contributed by atoms with van der Waals surface area (Å²) in [6.45, 7) is 1.86. The topological polar surface area (TPSA) is 90.7 Å². The number of benzene rings is 1. The SMILES string of the molecule is CCOC(=O)C(COc1c(Cl)cc([N+](=O)[O-])cc1Cl)NC. The first kappa shape index (κ1) is 17.5. The van der Waals surface area contributed by atoms with Gasteiger partial charge in [-0.1, -0.05) is 23.2 Å². The first-order valence-electron chi connectivity index (χ1n) is 6.00. The molecule has 0 radical (unpaired) electrons. The first-order valence-corrected chi connectivity index (χ1v) is 6.76. The van der Waals surface area contributed by atoms with Gasteiger partial charge in [-0.3, -0.25) is 14.9 Å². The number of hydrogen-bond donors (Lipinski definition) is 1. The number of rotatable bonds is 7. The molecule has 21 heavy (non-hydrogen) atoms. The number of non-ortho nitro benzene ring substituents is 1. The Morgan fingerprint density at radius 1 is 1.43 bits per heavy atom. The Labute approximate surface area is 131 Å². The van der Waals surface area contributed by atoms with Crippen LogP contribution in [0, 0.1) is 10.1 Å². The van der Waals surface area contributed by atoms with Crippen molar-refractivity contribution in [3.63, 3.8) is 0 Å². The Kier molecular flexibility index (Phi) is 6.67. The first-order chi connectivity index (χ1) is 9.90. The summed E-state index contributed by atoms with van der Waals surface area (Å²) in [6.07, 6.45) is 0. The predicted molar refractivity (Wildman–Crippen MR) is 78.1 cm³/mol. The van der Waals surface area contributed by atoms with Gasteiger partial charge in [0.05, 0.1) is 21.6 Å². The highest BCUT2D eigenvalue weighted by Crippen LogP contribution is 2.36. The van der Waals surface area contributed by atoms with E-state index in [0.717, 1.165) is 12.1 Å². The van der Waals surface area contributed by atoms with Crippen LogP contribution in [-0.4, -0.2) is 37.2 Å². The highest BCUT2D eigenvalue weighted by atomic mass is 35.5. The third-order valence-corrected chi connectivity index (χ3v) is 3.07. The van der Waals surface area contributed by atoms with Gasteiger partial charge in [-0.25, -0.2) is 0 Å². The summed E-state index contributed by atoms with van der Waals surface area (Å²) in [4.78, 5) is 21.6. The quantitative estimate of drug-likeness (QED) is 0.467. The van der Waals surface area contributed by atoms with Gasteiger partial charge < -0.3 is 14.8 Å². The summed E-state index contributed by atoms with van der Waals surface area (Å²) in [5, 5.41) is 13.4. The van der Waals surface area contributed by atoms with E-state index in [-0.39, 0.29) is 34.7 Å². The van der Waals surface area contributed by atoms with E-state index in [1.54, 1.807) is 14.0 Å². The van der Waals surface area contributed by atoms with Crippen LogP contribution < -0.4 is 10.1 Å². The van der Waals surface area contributed by atoms with Crippen molar-refractivity contribution < 1.29 is 19.2 Å². The number of esters is 1. The fraction of sp³-hybridized carbons (Fsp3) is 0.417. The van der Waals surface area contributed by atoms with Crippen LogP contribution in [0.3, 0.4) is 0 Å². The van der Waals surface area contributed by atoms with Crippen LogP contribution in [0.2, 0.25) is 10.0 Å². The average Bonchev–Trinajstić information content (AvgIpc) is 2.41. The largest absolute Gasteiger partial charge is 0.488 e. The van der Waals surface area contributed by atoms with E-state index in [4.69, 9.17) is 32.7 Å². The lowest BCUT2D eigenvalue weighted by atomic mass is 10.3. The molecule has 1 rings (SSSR count). The van der Waals surface area contributed by atoms with Gasteiger partial charge in [0.1, 0.15) is 12.6 Å². The Bertz CT molecular complexity index is 515. The van der Waals surface area contributed by atoms with Gasteiger partial charge in [-0.15, -0.1) is 0 Å². The van der Waals surface area contributed by atoms with Gasteiger partial charge >= 0.3 is 5.97 Å². The summed E-state index contributed by atoms with van der Waals surface area (Å²) < 4.78 is 10.2. The molecule has 7 nitrogen and oxygen atoms in total. The molecule has 0 heterocycles. The summed E-state index contributed by atoms with van der Waals surface area (Å²) >= 11 is 11.8. The zero-order valence-electron chi connectivity index (χ0n) is 11.4. The van der Waals surface area contributed by atoms with Crippen molar-refractivity contribution in [3.8, 4) is 5.75 Å². The standard InChI is InChI=1S/C12H14Cl2N2O5/c1-3-20-12(17)10(15-2)6-21-11-8(13)4-7(16(18)19)5-9(11)14/h4-5,10,15H,3,6H2,1-2H3. The Hall–Kier alpha value is -1.57. The van der Waals surface area contributed by atoms with Gasteiger partial charge in [0.25, 0.3) is 5.69 Å². The van der Waals surface area contributed by atoms with Gasteiger partial charge in [0.15, 0.2) is 5.75 Å². The molecule has 0 aliphatic heterocycles. The van der Waals surface area contributed by atoms with Crippen molar-refractivity contribution in [2.24, 2.45) is 0 Å². The number of carbonyl (C=O) groups excluding carboxylic acids is 1. The Morgan fingerprint density at radius 3 is 2.43 bits per heavy atom. The van der Waals surface area contributed by atoms with Gasteiger partial charge in [0, 0.05) is 12.1 Å². The van der Waals surface area contributed by atoms with Crippen LogP contribution in [0.25, 0.3) is 0 Å². The van der Waals surface area contributed by atoms with E-state index in [1.807, 2.05) is 0 Å². The predicted octanol–water partition coefficient (Wildman–Crippen LogP) is 2.43. The minimum atomic E-state index is -0.702. The van der Waals surface area contributed by atoms with E-state index >= 15 is 0 Å². The molecule has 0 fully saturated rings. The summed E-state index contributed by atoms with van der Waals surface area (Å²) in [7, 11) is 1.57. The molecule has 0 aliphatic carbocycles. The van der Waals surface area contributed by atoms with Crippen LogP contribution in [0.4, 0.5) is 5.69 Å². The normalized spacial score (nSPS) is 11.8. The van der Waals surface area contributed by atoms with E-state index < -0.39 is 16.9 Å². The van der Waals surface area contributed by atoms with Crippen LogP contribution in [-0.2, 0) is 9.53 Å². The molecular formula is C12H14Cl2N2O5. The molecular weight excluding hydrogens is 323 g/mol. The molecule has 0 amide bonds. The Morgan fingerprint density at radius 2 is 2.00 bits per heavy atom. The van der Waals surface area contributed by atoms with Crippen LogP contribution in [0.15, 0.2) is 12.1 Å². The molecule has 0 aliphatic rings. The lowest BCUT2D eigenvalue weighted by Crippen LogP contribution is -2.40. The third-order valence-electron chi connectivity index (χ3n) is 2.51. The van der Waals surface area contributed by atoms with Gasteiger partial charge in [0.2, 0.25) is 0 Å². The number of carbonyl (C=O) groups is 1. The molecule has 0 saturated carbocycles.